The van der Waals surface area contributed by atoms with Gasteiger partial charge in [0.25, 0.3) is 0 Å². The topological polar surface area (TPSA) is 66.8 Å². The molecule has 0 bridgehead atoms. The first-order chi connectivity index (χ1) is 7.10. The van der Waals surface area contributed by atoms with Gasteiger partial charge in [-0.15, -0.1) is 0 Å². The van der Waals surface area contributed by atoms with Crippen LogP contribution in [0.4, 0.5) is 0 Å². The molecule has 1 rings (SSSR count). The highest BCUT2D eigenvalue weighted by Crippen LogP contribution is 2.27. The smallest absolute Gasteiger partial charge is 0.310 e. The van der Waals surface area contributed by atoms with Crippen LogP contribution in [0.25, 0.3) is 0 Å². The number of aliphatic carboxylic acids is 1. The molecule has 0 radical (unpaired) electrons. The Labute approximate surface area is 88.1 Å². The molecule has 15 heavy (non-hydrogen) atoms. The second-order valence-corrected chi connectivity index (χ2v) is 3.29. The summed E-state index contributed by atoms with van der Waals surface area (Å²) in [7, 11) is 1.49. The van der Waals surface area contributed by atoms with E-state index in [0.717, 1.165) is 0 Å². The molecule has 1 unspecified atom stereocenters. The second-order valence-electron chi connectivity index (χ2n) is 3.29. The minimum atomic E-state index is -0.914. The van der Waals surface area contributed by atoms with E-state index in [4.69, 9.17) is 14.9 Å². The summed E-state index contributed by atoms with van der Waals surface area (Å²) >= 11 is 0. The standard InChI is InChI=1S/C11H14O4/c1-7(11(13)14)9-5-8(6-12)3-4-10(9)15-2/h3-5,7,12H,6H2,1-2H3,(H,13,14). The van der Waals surface area contributed by atoms with Gasteiger partial charge in [-0.25, -0.2) is 0 Å². The molecule has 0 spiro atoms. The Hall–Kier alpha value is -1.55. The molecule has 82 valence electrons. The number of rotatable bonds is 4. The van der Waals surface area contributed by atoms with E-state index >= 15 is 0 Å². The maximum Gasteiger partial charge on any atom is 0.310 e. The van der Waals surface area contributed by atoms with Gasteiger partial charge >= 0.3 is 5.97 Å². The normalized spacial score (nSPS) is 12.2. The Kier molecular flexibility index (Phi) is 3.68. The number of carboxylic acid groups (broad SMARTS) is 1. The van der Waals surface area contributed by atoms with Crippen LogP contribution in [0.15, 0.2) is 18.2 Å². The van der Waals surface area contributed by atoms with Crippen LogP contribution in [0.2, 0.25) is 0 Å². The van der Waals surface area contributed by atoms with E-state index in [9.17, 15) is 4.79 Å². The Morgan fingerprint density at radius 2 is 2.20 bits per heavy atom. The van der Waals surface area contributed by atoms with Crippen molar-refractivity contribution >= 4 is 5.97 Å². The number of benzene rings is 1. The van der Waals surface area contributed by atoms with Crippen molar-refractivity contribution in [1.29, 1.82) is 0 Å². The van der Waals surface area contributed by atoms with E-state index in [1.807, 2.05) is 0 Å². The van der Waals surface area contributed by atoms with Crippen molar-refractivity contribution in [2.45, 2.75) is 19.4 Å². The van der Waals surface area contributed by atoms with Crippen molar-refractivity contribution in [3.63, 3.8) is 0 Å². The zero-order valence-corrected chi connectivity index (χ0v) is 8.73. The number of aliphatic hydroxyl groups is 1. The van der Waals surface area contributed by atoms with Crippen molar-refractivity contribution < 1.29 is 19.7 Å². The van der Waals surface area contributed by atoms with Gasteiger partial charge in [-0.1, -0.05) is 6.07 Å². The van der Waals surface area contributed by atoms with Gasteiger partial charge in [0, 0.05) is 5.56 Å². The summed E-state index contributed by atoms with van der Waals surface area (Å²) in [5.74, 6) is -1.03. The molecule has 4 nitrogen and oxygen atoms in total. The summed E-state index contributed by atoms with van der Waals surface area (Å²) < 4.78 is 5.07. The van der Waals surface area contributed by atoms with Gasteiger partial charge in [-0.05, 0) is 24.6 Å². The molecular formula is C11H14O4. The lowest BCUT2D eigenvalue weighted by atomic mass is 9.98. The Bertz CT molecular complexity index is 360. The third-order valence-electron chi connectivity index (χ3n) is 2.31. The van der Waals surface area contributed by atoms with Crippen molar-refractivity contribution in [3.8, 4) is 5.75 Å². The molecule has 0 fully saturated rings. The lowest BCUT2D eigenvalue weighted by molar-refractivity contribution is -0.138. The monoisotopic (exact) mass is 210 g/mol. The predicted octanol–water partition coefficient (Wildman–Crippen LogP) is 1.38. The number of carbonyl (C=O) groups is 1. The fraction of sp³-hybridized carbons (Fsp3) is 0.364. The Morgan fingerprint density at radius 1 is 1.53 bits per heavy atom. The first-order valence-corrected chi connectivity index (χ1v) is 4.60. The van der Waals surface area contributed by atoms with Crippen LogP contribution in [-0.4, -0.2) is 23.3 Å². The van der Waals surface area contributed by atoms with Crippen LogP contribution < -0.4 is 4.74 Å². The molecule has 0 amide bonds. The van der Waals surface area contributed by atoms with Crippen molar-refractivity contribution in [2.75, 3.05) is 7.11 Å². The lowest BCUT2D eigenvalue weighted by Gasteiger charge is -2.13. The van der Waals surface area contributed by atoms with Gasteiger partial charge in [0.1, 0.15) is 5.75 Å². The van der Waals surface area contributed by atoms with Crippen LogP contribution in [0, 0.1) is 0 Å². The number of ether oxygens (including phenoxy) is 1. The number of carboxylic acids is 1. The van der Waals surface area contributed by atoms with E-state index in [1.165, 1.54) is 7.11 Å². The van der Waals surface area contributed by atoms with E-state index < -0.39 is 11.9 Å². The van der Waals surface area contributed by atoms with Crippen LogP contribution in [-0.2, 0) is 11.4 Å². The largest absolute Gasteiger partial charge is 0.496 e. The highest BCUT2D eigenvalue weighted by molar-refractivity contribution is 5.76. The van der Waals surface area contributed by atoms with Gasteiger partial charge in [-0.2, -0.15) is 0 Å². The summed E-state index contributed by atoms with van der Waals surface area (Å²) in [6.07, 6.45) is 0. The number of aliphatic hydroxyl groups excluding tert-OH is 1. The summed E-state index contributed by atoms with van der Waals surface area (Å²) in [6, 6.07) is 5.02. The highest BCUT2D eigenvalue weighted by atomic mass is 16.5. The van der Waals surface area contributed by atoms with Crippen molar-refractivity contribution in [2.24, 2.45) is 0 Å². The summed E-state index contributed by atoms with van der Waals surface area (Å²) in [5.41, 5.74) is 1.26. The number of hydrogen-bond donors (Lipinski definition) is 2. The Balaban J connectivity index is 3.16. The van der Waals surface area contributed by atoms with Crippen molar-refractivity contribution in [3.05, 3.63) is 29.3 Å². The predicted molar refractivity (Wildman–Crippen MR) is 55.0 cm³/mol. The molecule has 1 aromatic rings. The van der Waals surface area contributed by atoms with Gasteiger partial charge in [0.05, 0.1) is 19.6 Å². The average molecular weight is 210 g/mol. The highest BCUT2D eigenvalue weighted by Gasteiger charge is 2.18. The molecule has 0 saturated carbocycles. The van der Waals surface area contributed by atoms with Crippen LogP contribution >= 0.6 is 0 Å². The molecule has 4 heteroatoms. The lowest BCUT2D eigenvalue weighted by Crippen LogP contribution is -2.09. The maximum absolute atomic E-state index is 10.8. The fourth-order valence-corrected chi connectivity index (χ4v) is 1.35. The van der Waals surface area contributed by atoms with Crippen LogP contribution in [0.1, 0.15) is 24.0 Å². The quantitative estimate of drug-likeness (QED) is 0.787. The fourth-order valence-electron chi connectivity index (χ4n) is 1.35. The molecule has 0 heterocycles. The SMILES string of the molecule is COc1ccc(CO)cc1C(C)C(=O)O. The van der Waals surface area contributed by atoms with Gasteiger partial charge in [-0.3, -0.25) is 4.79 Å². The zero-order valence-electron chi connectivity index (χ0n) is 8.73. The van der Waals surface area contributed by atoms with E-state index in [1.54, 1.807) is 25.1 Å². The first kappa shape index (κ1) is 11.5. The molecule has 0 aliphatic rings. The van der Waals surface area contributed by atoms with E-state index in [2.05, 4.69) is 0 Å². The number of hydrogen-bond acceptors (Lipinski definition) is 3. The molecule has 0 aromatic heterocycles. The minimum absolute atomic E-state index is 0.108. The zero-order chi connectivity index (χ0) is 11.4. The van der Waals surface area contributed by atoms with Crippen LogP contribution in [0.5, 0.6) is 5.75 Å². The molecule has 2 N–H and O–H groups in total. The molecule has 0 aliphatic heterocycles. The average Bonchev–Trinajstić information content (AvgIpc) is 2.27. The summed E-state index contributed by atoms with van der Waals surface area (Å²) in [4.78, 5) is 10.8. The molecule has 1 atom stereocenters. The first-order valence-electron chi connectivity index (χ1n) is 4.60. The third kappa shape index (κ3) is 2.47. The van der Waals surface area contributed by atoms with Gasteiger partial charge in [0.2, 0.25) is 0 Å². The Morgan fingerprint density at radius 3 is 2.67 bits per heavy atom. The third-order valence-corrected chi connectivity index (χ3v) is 2.31. The minimum Gasteiger partial charge on any atom is -0.496 e. The van der Waals surface area contributed by atoms with Crippen LogP contribution in [0.3, 0.4) is 0 Å². The molecule has 1 aromatic carbocycles. The van der Waals surface area contributed by atoms with E-state index in [0.29, 0.717) is 16.9 Å². The number of methoxy groups -OCH3 is 1. The molecule has 0 saturated heterocycles. The summed E-state index contributed by atoms with van der Waals surface area (Å²) in [6.45, 7) is 1.48. The molecule has 0 aliphatic carbocycles. The maximum atomic E-state index is 10.8. The van der Waals surface area contributed by atoms with Gasteiger partial charge < -0.3 is 14.9 Å². The van der Waals surface area contributed by atoms with Gasteiger partial charge in [0.15, 0.2) is 0 Å². The summed E-state index contributed by atoms with van der Waals surface area (Å²) in [5, 5.41) is 17.9. The second kappa shape index (κ2) is 4.79. The molecular weight excluding hydrogens is 196 g/mol. The van der Waals surface area contributed by atoms with Crippen molar-refractivity contribution in [1.82, 2.24) is 0 Å². The van der Waals surface area contributed by atoms with E-state index in [-0.39, 0.29) is 6.61 Å².